The van der Waals surface area contributed by atoms with Crippen molar-refractivity contribution < 1.29 is 0 Å². The second-order valence-corrected chi connectivity index (χ2v) is 5.19. The van der Waals surface area contributed by atoms with Crippen molar-refractivity contribution in [3.8, 4) is 0 Å². The van der Waals surface area contributed by atoms with E-state index in [1.807, 2.05) is 0 Å². The van der Waals surface area contributed by atoms with Gasteiger partial charge in [0, 0.05) is 25.2 Å². The van der Waals surface area contributed by atoms with Crippen LogP contribution in [0, 0.1) is 5.92 Å². The quantitative estimate of drug-likeness (QED) is 0.725. The molecule has 2 heteroatoms. The molecule has 0 aromatic rings. The fourth-order valence-corrected chi connectivity index (χ4v) is 3.09. The maximum absolute atomic E-state index is 3.40. The van der Waals surface area contributed by atoms with E-state index in [0.717, 1.165) is 18.0 Å². The van der Waals surface area contributed by atoms with Gasteiger partial charge in [0.15, 0.2) is 0 Å². The molecule has 2 nitrogen and oxygen atoms in total. The van der Waals surface area contributed by atoms with Crippen LogP contribution in [0.25, 0.3) is 0 Å². The number of rotatable bonds is 2. The van der Waals surface area contributed by atoms with Crippen LogP contribution >= 0.6 is 0 Å². The van der Waals surface area contributed by atoms with E-state index in [9.17, 15) is 0 Å². The summed E-state index contributed by atoms with van der Waals surface area (Å²) in [6.45, 7) is 5.02. The lowest BCUT2D eigenvalue weighted by Gasteiger charge is -2.34. The highest BCUT2D eigenvalue weighted by atomic mass is 15.2. The van der Waals surface area contributed by atoms with Crippen molar-refractivity contribution in [3.05, 3.63) is 0 Å². The lowest BCUT2D eigenvalue weighted by atomic mass is 9.86. The van der Waals surface area contributed by atoms with E-state index in [1.54, 1.807) is 0 Å². The van der Waals surface area contributed by atoms with Crippen molar-refractivity contribution in [2.24, 2.45) is 5.92 Å². The highest BCUT2D eigenvalue weighted by molar-refractivity contribution is 4.87. The minimum absolute atomic E-state index is 0.757. The second kappa shape index (κ2) is 4.63. The fraction of sp³-hybridized carbons (Fsp3) is 1.00. The van der Waals surface area contributed by atoms with Crippen molar-refractivity contribution >= 4 is 0 Å². The Morgan fingerprint density at radius 3 is 2.71 bits per heavy atom. The first-order valence-corrected chi connectivity index (χ1v) is 6.21. The molecular formula is C12H24N2. The molecule has 82 valence electrons. The molecular weight excluding hydrogens is 172 g/mol. The van der Waals surface area contributed by atoms with Crippen LogP contribution in [0.2, 0.25) is 0 Å². The average Bonchev–Trinajstić information content (AvgIpc) is 2.66. The third-order valence-electron chi connectivity index (χ3n) is 4.05. The summed E-state index contributed by atoms with van der Waals surface area (Å²) >= 11 is 0. The predicted octanol–water partition coefficient (Wildman–Crippen LogP) is 1.86. The maximum atomic E-state index is 3.40. The summed E-state index contributed by atoms with van der Waals surface area (Å²) in [6.07, 6.45) is 7.14. The first-order chi connectivity index (χ1) is 6.79. The maximum Gasteiger partial charge on any atom is 0.0204 e. The SMILES string of the molecule is CNC1CCN(C2CCCC(C)C2)C1. The van der Waals surface area contributed by atoms with Gasteiger partial charge in [0.25, 0.3) is 0 Å². The zero-order valence-corrected chi connectivity index (χ0v) is 9.63. The normalized spacial score (nSPS) is 40.3. The van der Waals surface area contributed by atoms with Gasteiger partial charge in [0.2, 0.25) is 0 Å². The van der Waals surface area contributed by atoms with Gasteiger partial charge < -0.3 is 5.32 Å². The van der Waals surface area contributed by atoms with Crippen LogP contribution in [0.3, 0.4) is 0 Å². The van der Waals surface area contributed by atoms with E-state index in [4.69, 9.17) is 0 Å². The summed E-state index contributed by atoms with van der Waals surface area (Å²) in [6, 6.07) is 1.66. The Morgan fingerprint density at radius 2 is 2.07 bits per heavy atom. The molecule has 2 aliphatic rings. The molecule has 2 fully saturated rings. The third-order valence-corrected chi connectivity index (χ3v) is 4.05. The number of likely N-dealkylation sites (tertiary alicyclic amines) is 1. The van der Waals surface area contributed by atoms with Crippen LogP contribution in [-0.4, -0.2) is 37.1 Å². The van der Waals surface area contributed by atoms with E-state index in [-0.39, 0.29) is 0 Å². The second-order valence-electron chi connectivity index (χ2n) is 5.19. The monoisotopic (exact) mass is 196 g/mol. The lowest BCUT2D eigenvalue weighted by molar-refractivity contribution is 0.160. The highest BCUT2D eigenvalue weighted by Gasteiger charge is 2.29. The first kappa shape index (κ1) is 10.4. The summed E-state index contributed by atoms with van der Waals surface area (Å²) in [5.41, 5.74) is 0. The molecule has 1 saturated heterocycles. The zero-order chi connectivity index (χ0) is 9.97. The van der Waals surface area contributed by atoms with Crippen molar-refractivity contribution in [2.45, 2.75) is 51.1 Å². The molecule has 2 rings (SSSR count). The van der Waals surface area contributed by atoms with E-state index < -0.39 is 0 Å². The van der Waals surface area contributed by atoms with Crippen LogP contribution < -0.4 is 5.32 Å². The van der Waals surface area contributed by atoms with Crippen LogP contribution in [0.4, 0.5) is 0 Å². The van der Waals surface area contributed by atoms with Gasteiger partial charge in [-0.1, -0.05) is 19.8 Å². The molecule has 0 aromatic heterocycles. The van der Waals surface area contributed by atoms with Gasteiger partial charge in [0.1, 0.15) is 0 Å². The van der Waals surface area contributed by atoms with Crippen LogP contribution in [0.15, 0.2) is 0 Å². The topological polar surface area (TPSA) is 15.3 Å². The number of hydrogen-bond donors (Lipinski definition) is 1. The zero-order valence-electron chi connectivity index (χ0n) is 9.63. The Hall–Kier alpha value is -0.0800. The molecule has 1 aliphatic heterocycles. The van der Waals surface area contributed by atoms with Gasteiger partial charge in [-0.05, 0) is 32.2 Å². The molecule has 1 saturated carbocycles. The average molecular weight is 196 g/mol. The Morgan fingerprint density at radius 1 is 1.21 bits per heavy atom. The molecule has 1 N–H and O–H groups in total. The van der Waals surface area contributed by atoms with Crippen molar-refractivity contribution in [3.63, 3.8) is 0 Å². The van der Waals surface area contributed by atoms with Crippen molar-refractivity contribution in [1.29, 1.82) is 0 Å². The summed E-state index contributed by atoms with van der Waals surface area (Å²) in [5.74, 6) is 0.961. The van der Waals surface area contributed by atoms with Gasteiger partial charge in [-0.2, -0.15) is 0 Å². The molecule has 3 unspecified atom stereocenters. The van der Waals surface area contributed by atoms with Crippen molar-refractivity contribution in [2.75, 3.05) is 20.1 Å². The third kappa shape index (κ3) is 2.29. The minimum atomic E-state index is 0.757. The molecule has 14 heavy (non-hydrogen) atoms. The molecule has 0 aromatic carbocycles. The molecule has 0 spiro atoms. The highest BCUT2D eigenvalue weighted by Crippen LogP contribution is 2.29. The summed E-state index contributed by atoms with van der Waals surface area (Å²) in [5, 5.41) is 3.40. The van der Waals surface area contributed by atoms with Gasteiger partial charge in [-0.3, -0.25) is 4.90 Å². The van der Waals surface area contributed by atoms with E-state index in [0.29, 0.717) is 0 Å². The standard InChI is InChI=1S/C12H24N2/c1-10-4-3-5-12(8-10)14-7-6-11(9-14)13-2/h10-13H,3-9H2,1-2H3. The van der Waals surface area contributed by atoms with E-state index in [2.05, 4.69) is 24.2 Å². The van der Waals surface area contributed by atoms with Crippen molar-refractivity contribution in [1.82, 2.24) is 10.2 Å². The number of likely N-dealkylation sites (N-methyl/N-ethyl adjacent to an activating group) is 1. The predicted molar refractivity (Wildman–Crippen MR) is 60.5 cm³/mol. The number of nitrogens with zero attached hydrogens (tertiary/aromatic N) is 1. The van der Waals surface area contributed by atoms with E-state index >= 15 is 0 Å². The van der Waals surface area contributed by atoms with Crippen LogP contribution in [-0.2, 0) is 0 Å². The Kier molecular flexibility index (Phi) is 3.45. The van der Waals surface area contributed by atoms with Gasteiger partial charge in [0.05, 0.1) is 0 Å². The van der Waals surface area contributed by atoms with Gasteiger partial charge in [-0.15, -0.1) is 0 Å². The lowest BCUT2D eigenvalue weighted by Crippen LogP contribution is -2.39. The van der Waals surface area contributed by atoms with Gasteiger partial charge >= 0.3 is 0 Å². The number of hydrogen-bond acceptors (Lipinski definition) is 2. The largest absolute Gasteiger partial charge is 0.316 e. The van der Waals surface area contributed by atoms with Gasteiger partial charge in [-0.25, -0.2) is 0 Å². The summed E-state index contributed by atoms with van der Waals surface area (Å²) in [4.78, 5) is 2.72. The molecule has 0 bridgehead atoms. The first-order valence-electron chi connectivity index (χ1n) is 6.21. The van der Waals surface area contributed by atoms with Crippen LogP contribution in [0.1, 0.15) is 39.0 Å². The molecule has 1 heterocycles. The molecule has 0 amide bonds. The van der Waals surface area contributed by atoms with Crippen LogP contribution in [0.5, 0.6) is 0 Å². The summed E-state index contributed by atoms with van der Waals surface area (Å²) in [7, 11) is 2.09. The van der Waals surface area contributed by atoms with E-state index in [1.165, 1.54) is 45.2 Å². The molecule has 1 aliphatic carbocycles. The smallest absolute Gasteiger partial charge is 0.0204 e. The Balaban J connectivity index is 1.83. The molecule has 0 radical (unpaired) electrons. The Labute approximate surface area is 88.1 Å². The minimum Gasteiger partial charge on any atom is -0.316 e. The summed E-state index contributed by atoms with van der Waals surface area (Å²) < 4.78 is 0. The molecule has 3 atom stereocenters. The Bertz CT molecular complexity index is 181. The fourth-order valence-electron chi connectivity index (χ4n) is 3.09. The number of nitrogens with one attached hydrogen (secondary N) is 1.